The lowest BCUT2D eigenvalue weighted by molar-refractivity contribution is -0.125. The van der Waals surface area contributed by atoms with Crippen molar-refractivity contribution in [3.05, 3.63) is 0 Å². The maximum atomic E-state index is 11.7. The molecule has 3 atom stereocenters. The molecule has 0 aromatic heterocycles. The van der Waals surface area contributed by atoms with E-state index in [1.54, 1.807) is 0 Å². The molecule has 1 aliphatic carbocycles. The summed E-state index contributed by atoms with van der Waals surface area (Å²) in [5.41, 5.74) is 0. The zero-order valence-electron chi connectivity index (χ0n) is 9.05. The predicted molar refractivity (Wildman–Crippen MR) is 55.9 cm³/mol. The van der Waals surface area contributed by atoms with Gasteiger partial charge in [-0.2, -0.15) is 0 Å². The topological polar surface area (TPSA) is 41.1 Å². The first-order valence-corrected chi connectivity index (χ1v) is 5.75. The summed E-state index contributed by atoms with van der Waals surface area (Å²) in [5.74, 6) is 1.90. The zero-order valence-corrected chi connectivity index (χ0v) is 9.05. The van der Waals surface area contributed by atoms with Crippen LogP contribution in [-0.2, 0) is 4.79 Å². The predicted octanol–water partition coefficient (Wildman–Crippen LogP) is 0.757. The van der Waals surface area contributed by atoms with Gasteiger partial charge in [-0.05, 0) is 18.3 Å². The number of hydrogen-bond acceptors (Lipinski definition) is 2. The van der Waals surface area contributed by atoms with Crippen molar-refractivity contribution in [1.82, 2.24) is 10.6 Å². The van der Waals surface area contributed by atoms with Crippen LogP contribution < -0.4 is 10.6 Å². The van der Waals surface area contributed by atoms with Crippen LogP contribution in [0.25, 0.3) is 0 Å². The average molecular weight is 196 g/mol. The number of nitrogens with one attached hydrogen (secondary N) is 2. The molecule has 1 heterocycles. The van der Waals surface area contributed by atoms with Crippen molar-refractivity contribution in [2.45, 2.75) is 32.7 Å². The van der Waals surface area contributed by atoms with Crippen LogP contribution in [0.1, 0.15) is 26.7 Å². The normalized spacial score (nSPS) is 36.3. The van der Waals surface area contributed by atoms with E-state index in [0.29, 0.717) is 6.04 Å². The number of rotatable bonds is 4. The fourth-order valence-electron chi connectivity index (χ4n) is 2.50. The van der Waals surface area contributed by atoms with Gasteiger partial charge >= 0.3 is 0 Å². The molecule has 1 amide bonds. The average Bonchev–Trinajstić information content (AvgIpc) is 2.64. The molecule has 1 saturated carbocycles. The van der Waals surface area contributed by atoms with Crippen LogP contribution >= 0.6 is 0 Å². The van der Waals surface area contributed by atoms with Crippen LogP contribution in [0.5, 0.6) is 0 Å². The fourth-order valence-corrected chi connectivity index (χ4v) is 2.50. The van der Waals surface area contributed by atoms with Crippen molar-refractivity contribution in [3.63, 3.8) is 0 Å². The summed E-state index contributed by atoms with van der Waals surface area (Å²) in [6, 6.07) is 0.489. The molecule has 0 spiro atoms. The Morgan fingerprint density at radius 2 is 2.14 bits per heavy atom. The molecule has 2 rings (SSSR count). The standard InChI is InChI=1S/C11H20N2O/c1-3-4-7(2)11(14)13-10-8-5-12-6-9(8)10/h7-10,12H,3-6H2,1-2H3,(H,13,14). The van der Waals surface area contributed by atoms with Gasteiger partial charge in [0, 0.05) is 25.0 Å². The highest BCUT2D eigenvalue weighted by atomic mass is 16.2. The Hall–Kier alpha value is -0.570. The van der Waals surface area contributed by atoms with Crippen LogP contribution in [0, 0.1) is 17.8 Å². The minimum Gasteiger partial charge on any atom is -0.352 e. The van der Waals surface area contributed by atoms with E-state index in [2.05, 4.69) is 17.6 Å². The molecule has 2 fully saturated rings. The largest absolute Gasteiger partial charge is 0.352 e. The Morgan fingerprint density at radius 3 is 2.71 bits per heavy atom. The highest BCUT2D eigenvalue weighted by Gasteiger charge is 2.53. The van der Waals surface area contributed by atoms with Gasteiger partial charge in [-0.15, -0.1) is 0 Å². The van der Waals surface area contributed by atoms with Gasteiger partial charge in [0.1, 0.15) is 0 Å². The van der Waals surface area contributed by atoms with Gasteiger partial charge in [-0.1, -0.05) is 20.3 Å². The van der Waals surface area contributed by atoms with Crippen molar-refractivity contribution in [2.75, 3.05) is 13.1 Å². The van der Waals surface area contributed by atoms with Crippen LogP contribution in [0.4, 0.5) is 0 Å². The van der Waals surface area contributed by atoms with Crippen molar-refractivity contribution in [3.8, 4) is 0 Å². The zero-order chi connectivity index (χ0) is 10.1. The van der Waals surface area contributed by atoms with Crippen LogP contribution in [-0.4, -0.2) is 25.0 Å². The molecule has 80 valence electrons. The number of carbonyl (C=O) groups is 1. The van der Waals surface area contributed by atoms with Crippen molar-refractivity contribution < 1.29 is 4.79 Å². The number of hydrogen-bond donors (Lipinski definition) is 2. The highest BCUT2D eigenvalue weighted by Crippen LogP contribution is 2.41. The van der Waals surface area contributed by atoms with E-state index in [0.717, 1.165) is 37.8 Å². The van der Waals surface area contributed by atoms with Gasteiger partial charge in [0.05, 0.1) is 0 Å². The minimum absolute atomic E-state index is 0.189. The summed E-state index contributed by atoms with van der Waals surface area (Å²) < 4.78 is 0. The number of amides is 1. The Morgan fingerprint density at radius 1 is 1.50 bits per heavy atom. The minimum atomic E-state index is 0.189. The van der Waals surface area contributed by atoms with Crippen LogP contribution in [0.15, 0.2) is 0 Å². The molecule has 2 aliphatic rings. The van der Waals surface area contributed by atoms with Crippen molar-refractivity contribution >= 4 is 5.91 Å². The molecule has 14 heavy (non-hydrogen) atoms. The quantitative estimate of drug-likeness (QED) is 0.697. The van der Waals surface area contributed by atoms with E-state index >= 15 is 0 Å². The lowest BCUT2D eigenvalue weighted by Crippen LogP contribution is -2.35. The Bertz CT molecular complexity index is 219. The van der Waals surface area contributed by atoms with E-state index in [-0.39, 0.29) is 11.8 Å². The van der Waals surface area contributed by atoms with Gasteiger partial charge in [0.2, 0.25) is 5.91 Å². The van der Waals surface area contributed by atoms with Crippen molar-refractivity contribution in [1.29, 1.82) is 0 Å². The summed E-state index contributed by atoms with van der Waals surface area (Å²) in [5, 5.41) is 6.49. The maximum Gasteiger partial charge on any atom is 0.223 e. The molecule has 3 nitrogen and oxygen atoms in total. The second-order valence-electron chi connectivity index (χ2n) is 4.71. The molecule has 0 radical (unpaired) electrons. The van der Waals surface area contributed by atoms with E-state index in [1.807, 2.05) is 6.92 Å². The van der Waals surface area contributed by atoms with Crippen LogP contribution in [0.3, 0.4) is 0 Å². The van der Waals surface area contributed by atoms with E-state index in [9.17, 15) is 4.79 Å². The van der Waals surface area contributed by atoms with Gasteiger partial charge in [-0.25, -0.2) is 0 Å². The molecule has 1 saturated heterocycles. The molecule has 0 aromatic rings. The third-order valence-electron chi connectivity index (χ3n) is 3.57. The van der Waals surface area contributed by atoms with Gasteiger partial charge < -0.3 is 10.6 Å². The lowest BCUT2D eigenvalue weighted by Gasteiger charge is -2.12. The third kappa shape index (κ3) is 1.78. The summed E-state index contributed by atoms with van der Waals surface area (Å²) in [4.78, 5) is 11.7. The molecule has 0 bridgehead atoms. The molecule has 0 aromatic carbocycles. The summed E-state index contributed by atoms with van der Waals surface area (Å²) in [6.07, 6.45) is 2.10. The van der Waals surface area contributed by atoms with E-state index in [1.165, 1.54) is 0 Å². The number of piperidine rings is 1. The Balaban J connectivity index is 1.73. The highest BCUT2D eigenvalue weighted by molar-refractivity contribution is 5.79. The third-order valence-corrected chi connectivity index (χ3v) is 3.57. The summed E-state index contributed by atoms with van der Waals surface area (Å²) in [6.45, 7) is 6.34. The first kappa shape index (κ1) is 9.97. The molecular weight excluding hydrogens is 176 g/mol. The van der Waals surface area contributed by atoms with Crippen LogP contribution in [0.2, 0.25) is 0 Å². The lowest BCUT2D eigenvalue weighted by atomic mass is 10.1. The number of fused-ring (bicyclic) bond motifs is 1. The second-order valence-corrected chi connectivity index (χ2v) is 4.71. The van der Waals surface area contributed by atoms with Gasteiger partial charge in [-0.3, -0.25) is 4.79 Å². The smallest absolute Gasteiger partial charge is 0.223 e. The molecule has 2 N–H and O–H groups in total. The first-order chi connectivity index (χ1) is 6.74. The van der Waals surface area contributed by atoms with E-state index < -0.39 is 0 Å². The number of carbonyl (C=O) groups excluding carboxylic acids is 1. The first-order valence-electron chi connectivity index (χ1n) is 5.75. The van der Waals surface area contributed by atoms with E-state index in [4.69, 9.17) is 0 Å². The monoisotopic (exact) mass is 196 g/mol. The Kier molecular flexibility index (Phi) is 2.77. The second kappa shape index (κ2) is 3.89. The molecule has 3 unspecified atom stereocenters. The maximum absolute atomic E-state index is 11.7. The van der Waals surface area contributed by atoms with Gasteiger partial charge in [0.25, 0.3) is 0 Å². The molecule has 3 heteroatoms. The molecule has 1 aliphatic heterocycles. The SMILES string of the molecule is CCCC(C)C(=O)NC1C2CNCC21. The van der Waals surface area contributed by atoms with Crippen molar-refractivity contribution in [2.24, 2.45) is 17.8 Å². The van der Waals surface area contributed by atoms with Gasteiger partial charge in [0.15, 0.2) is 0 Å². The summed E-state index contributed by atoms with van der Waals surface area (Å²) in [7, 11) is 0. The molecular formula is C11H20N2O. The summed E-state index contributed by atoms with van der Waals surface area (Å²) >= 11 is 0. The Labute approximate surface area is 85.6 Å². The fraction of sp³-hybridized carbons (Fsp3) is 0.909.